The van der Waals surface area contributed by atoms with Gasteiger partial charge < -0.3 is 46.1 Å². The molecular weight excluding hydrogens is 770 g/mol. The van der Waals surface area contributed by atoms with E-state index < -0.39 is 35.8 Å². The molecule has 13 nitrogen and oxygen atoms in total. The molecule has 16 heteroatoms. The van der Waals surface area contributed by atoms with Crippen molar-refractivity contribution in [2.45, 2.75) is 96.6 Å². The van der Waals surface area contributed by atoms with Crippen molar-refractivity contribution in [1.29, 1.82) is 0 Å². The summed E-state index contributed by atoms with van der Waals surface area (Å²) in [5, 5.41) is 18.6. The molecule has 0 spiro atoms. The zero-order chi connectivity index (χ0) is 43.1. The van der Waals surface area contributed by atoms with Crippen molar-refractivity contribution < 1.29 is 46.9 Å². The first-order chi connectivity index (χ1) is 28.0. The molecule has 0 saturated carbocycles. The Morgan fingerprint density at radius 3 is 2.25 bits per heavy atom. The SMILES string of the molecule is C[C@@H]1CN([C@@H](C)CO)C(=O)c2cc(NC(=O)CCCCCC(=O)Nc3ccccc3N)ccc2O[C@@H](C)CCCCO[C@@H]1CN(C)C(=O)Nc1ccc(C(F)(F)F)cc1. The number of alkyl halides is 3. The second-order valence-electron chi connectivity index (χ2n) is 15.1. The molecule has 1 heterocycles. The Labute approximate surface area is 343 Å². The molecule has 4 atom stereocenters. The van der Waals surface area contributed by atoms with E-state index in [-0.39, 0.29) is 67.6 Å². The Kier molecular flexibility index (Phi) is 17.4. The molecule has 5 amide bonds. The number of hydrogen-bond acceptors (Lipinski definition) is 8. The van der Waals surface area contributed by atoms with Crippen molar-refractivity contribution in [1.82, 2.24) is 9.80 Å². The number of unbranched alkanes of at least 4 members (excludes halogenated alkanes) is 2. The van der Waals surface area contributed by atoms with E-state index in [1.54, 1.807) is 56.4 Å². The Balaban J connectivity index is 1.43. The lowest BCUT2D eigenvalue weighted by molar-refractivity contribution is -0.137. The number of urea groups is 1. The van der Waals surface area contributed by atoms with Crippen molar-refractivity contribution in [2.24, 2.45) is 5.92 Å². The van der Waals surface area contributed by atoms with Gasteiger partial charge in [0.2, 0.25) is 11.8 Å². The average molecular weight is 827 g/mol. The number of nitrogens with one attached hydrogen (secondary N) is 3. The minimum Gasteiger partial charge on any atom is -0.490 e. The van der Waals surface area contributed by atoms with Crippen molar-refractivity contribution in [3.05, 3.63) is 77.9 Å². The van der Waals surface area contributed by atoms with Crippen LogP contribution < -0.4 is 26.4 Å². The number of fused-ring (bicyclic) bond motifs is 1. The molecule has 6 N–H and O–H groups in total. The Bertz CT molecular complexity index is 1860. The van der Waals surface area contributed by atoms with Crippen LogP contribution in [-0.4, -0.2) is 90.3 Å². The van der Waals surface area contributed by atoms with Crippen LogP contribution in [0.5, 0.6) is 5.75 Å². The Hall–Kier alpha value is -5.35. The maximum Gasteiger partial charge on any atom is 0.416 e. The molecule has 0 saturated heterocycles. The highest BCUT2D eigenvalue weighted by atomic mass is 19.4. The fourth-order valence-electron chi connectivity index (χ4n) is 6.57. The monoisotopic (exact) mass is 826 g/mol. The molecule has 1 aliphatic heterocycles. The summed E-state index contributed by atoms with van der Waals surface area (Å²) < 4.78 is 51.7. The Morgan fingerprint density at radius 2 is 1.59 bits per heavy atom. The molecular formula is C43H57F3N6O7. The number of amides is 5. The average Bonchev–Trinajstić information content (AvgIpc) is 3.19. The summed E-state index contributed by atoms with van der Waals surface area (Å²) >= 11 is 0. The zero-order valence-corrected chi connectivity index (χ0v) is 34.1. The molecule has 3 aromatic carbocycles. The number of rotatable bonds is 13. The molecule has 322 valence electrons. The quantitative estimate of drug-likeness (QED) is 0.0858. The third kappa shape index (κ3) is 14.5. The molecule has 3 aromatic rings. The summed E-state index contributed by atoms with van der Waals surface area (Å²) in [7, 11) is 1.55. The van der Waals surface area contributed by atoms with E-state index in [0.29, 0.717) is 61.5 Å². The van der Waals surface area contributed by atoms with Gasteiger partial charge in [0.15, 0.2) is 0 Å². The van der Waals surface area contributed by atoms with Crippen molar-refractivity contribution in [2.75, 3.05) is 55.0 Å². The number of nitrogens with zero attached hydrogens (tertiary/aromatic N) is 2. The molecule has 0 aliphatic carbocycles. The van der Waals surface area contributed by atoms with Crippen LogP contribution in [0.4, 0.5) is 40.7 Å². The fraction of sp³-hybridized carbons (Fsp3) is 0.488. The van der Waals surface area contributed by atoms with Crippen LogP contribution >= 0.6 is 0 Å². The summed E-state index contributed by atoms with van der Waals surface area (Å²) in [5.74, 6) is -0.865. The number of nitrogens with two attached hydrogens (primary N) is 1. The minimum atomic E-state index is -4.50. The van der Waals surface area contributed by atoms with Crippen LogP contribution in [0.1, 0.15) is 88.1 Å². The van der Waals surface area contributed by atoms with Crippen molar-refractivity contribution in [3.63, 3.8) is 0 Å². The number of anilines is 4. The van der Waals surface area contributed by atoms with Crippen LogP contribution in [0.25, 0.3) is 0 Å². The third-order valence-corrected chi connectivity index (χ3v) is 10.1. The molecule has 4 rings (SSSR count). The van der Waals surface area contributed by atoms with Crippen LogP contribution in [0.15, 0.2) is 66.7 Å². The van der Waals surface area contributed by atoms with Gasteiger partial charge in [0.25, 0.3) is 5.91 Å². The fourth-order valence-corrected chi connectivity index (χ4v) is 6.57. The van der Waals surface area contributed by atoms with Gasteiger partial charge in [-0.1, -0.05) is 25.5 Å². The smallest absolute Gasteiger partial charge is 0.416 e. The van der Waals surface area contributed by atoms with Crippen LogP contribution in [0.2, 0.25) is 0 Å². The summed E-state index contributed by atoms with van der Waals surface area (Å²) in [6.45, 7) is 5.75. The number of likely N-dealkylation sites (N-methyl/N-ethyl adjacent to an activating group) is 1. The lowest BCUT2D eigenvalue weighted by Crippen LogP contribution is -2.48. The van der Waals surface area contributed by atoms with Gasteiger partial charge in [-0.05, 0) is 101 Å². The highest BCUT2D eigenvalue weighted by molar-refractivity contribution is 6.00. The first kappa shape index (κ1) is 46.3. The summed E-state index contributed by atoms with van der Waals surface area (Å²) in [6, 6.07) is 14.9. The van der Waals surface area contributed by atoms with Crippen LogP contribution in [-0.2, 0) is 20.5 Å². The van der Waals surface area contributed by atoms with Crippen LogP contribution in [0, 0.1) is 5.92 Å². The van der Waals surface area contributed by atoms with Gasteiger partial charge in [-0.3, -0.25) is 14.4 Å². The van der Waals surface area contributed by atoms with Crippen molar-refractivity contribution in [3.8, 4) is 5.75 Å². The zero-order valence-electron chi connectivity index (χ0n) is 34.1. The highest BCUT2D eigenvalue weighted by Crippen LogP contribution is 2.31. The van der Waals surface area contributed by atoms with E-state index in [1.165, 1.54) is 21.9 Å². The number of benzene rings is 3. The summed E-state index contributed by atoms with van der Waals surface area (Å²) in [5.41, 5.74) is 6.90. The normalized spacial score (nSPS) is 18.4. The van der Waals surface area contributed by atoms with Crippen LogP contribution in [0.3, 0.4) is 0 Å². The van der Waals surface area contributed by atoms with Gasteiger partial charge in [0.1, 0.15) is 5.75 Å². The molecule has 59 heavy (non-hydrogen) atoms. The number of carbonyl (C=O) groups is 4. The van der Waals surface area contributed by atoms with Crippen molar-refractivity contribution >= 4 is 46.5 Å². The highest BCUT2D eigenvalue weighted by Gasteiger charge is 2.32. The number of aliphatic hydroxyl groups is 1. The molecule has 0 bridgehead atoms. The topological polar surface area (TPSA) is 176 Å². The Morgan fingerprint density at radius 1 is 0.932 bits per heavy atom. The largest absolute Gasteiger partial charge is 0.490 e. The second kappa shape index (κ2) is 22.1. The van der Waals surface area contributed by atoms with E-state index in [9.17, 15) is 37.5 Å². The third-order valence-electron chi connectivity index (χ3n) is 10.1. The second-order valence-corrected chi connectivity index (χ2v) is 15.1. The standard InChI is InChI=1S/C43H57F3N6O7/c1-28-25-52(29(2)27-53)41(56)34-24-33(48-39(54)15-6-5-7-16-40(55)50-36-14-9-8-13-35(36)47)21-22-37(34)59-30(3)12-10-11-23-58-38(28)26-51(4)42(57)49-32-19-17-31(18-20-32)43(44,45)46/h8-9,13-14,17-22,24,28-30,38,53H,5-7,10-12,15-16,23,25-27,47H2,1-4H3,(H,48,54)(H,49,57)(H,50,55)/t28-,29+,30+,38-/m1/s1. The minimum absolute atomic E-state index is 0.103. The number of hydrogen-bond donors (Lipinski definition) is 5. The predicted octanol–water partition coefficient (Wildman–Crippen LogP) is 7.77. The number of aliphatic hydroxyl groups excluding tert-OH is 1. The van der Waals surface area contributed by atoms with Gasteiger partial charge in [-0.15, -0.1) is 0 Å². The number of nitrogen functional groups attached to an aromatic ring is 1. The maximum atomic E-state index is 14.5. The first-order valence-electron chi connectivity index (χ1n) is 20.0. The lowest BCUT2D eigenvalue weighted by Gasteiger charge is -2.35. The maximum absolute atomic E-state index is 14.5. The van der Waals surface area contributed by atoms with Gasteiger partial charge >= 0.3 is 12.2 Å². The van der Waals surface area contributed by atoms with Gasteiger partial charge in [-0.25, -0.2) is 4.79 Å². The summed E-state index contributed by atoms with van der Waals surface area (Å²) in [6.07, 6.45) is -0.949. The van der Waals surface area contributed by atoms with E-state index in [2.05, 4.69) is 16.0 Å². The molecule has 0 radical (unpaired) electrons. The number of halogens is 3. The van der Waals surface area contributed by atoms with Gasteiger partial charge in [0.05, 0.1) is 47.4 Å². The predicted molar refractivity (Wildman–Crippen MR) is 221 cm³/mol. The number of carbonyl (C=O) groups excluding carboxylic acids is 4. The molecule has 0 fully saturated rings. The summed E-state index contributed by atoms with van der Waals surface area (Å²) in [4.78, 5) is 55.8. The van der Waals surface area contributed by atoms with E-state index in [0.717, 1.165) is 18.6 Å². The van der Waals surface area contributed by atoms with E-state index in [1.807, 2.05) is 13.8 Å². The molecule has 0 aromatic heterocycles. The van der Waals surface area contributed by atoms with E-state index >= 15 is 0 Å². The van der Waals surface area contributed by atoms with E-state index in [4.69, 9.17) is 15.2 Å². The number of ether oxygens (including phenoxy) is 2. The number of para-hydroxylation sites is 2. The van der Waals surface area contributed by atoms with Gasteiger partial charge in [0, 0.05) is 56.9 Å². The first-order valence-corrected chi connectivity index (χ1v) is 20.0. The lowest BCUT2D eigenvalue weighted by atomic mass is 10.0. The molecule has 0 unspecified atom stereocenters. The van der Waals surface area contributed by atoms with Gasteiger partial charge in [-0.2, -0.15) is 13.2 Å². The molecule has 1 aliphatic rings.